The highest BCUT2D eigenvalue weighted by atomic mass is 32.1. The molecule has 116 valence electrons. The molecular weight excluding hydrogens is 314 g/mol. The Hall–Kier alpha value is -2.72. The molecule has 0 amide bonds. The van der Waals surface area contributed by atoms with Crippen LogP contribution in [0.5, 0.6) is 0 Å². The normalized spacial score (nSPS) is 11.8. The molecule has 0 fully saturated rings. The first-order chi connectivity index (χ1) is 11.7. The molecule has 0 aliphatic rings. The monoisotopic (exact) mass is 330 g/mol. The van der Waals surface area contributed by atoms with Gasteiger partial charge in [0.1, 0.15) is 12.7 Å². The second-order valence-electron chi connectivity index (χ2n) is 6.14. The molecule has 0 spiro atoms. The third kappa shape index (κ3) is 1.77. The minimum absolute atomic E-state index is 1.01. The van der Waals surface area contributed by atoms with Crippen molar-refractivity contribution in [2.24, 2.45) is 7.05 Å². The quantitative estimate of drug-likeness (QED) is 0.415. The van der Waals surface area contributed by atoms with E-state index >= 15 is 0 Å². The van der Waals surface area contributed by atoms with Crippen molar-refractivity contribution in [3.8, 4) is 11.3 Å². The summed E-state index contributed by atoms with van der Waals surface area (Å²) in [5.74, 6) is 0. The number of hydrogen-bond acceptors (Lipinski definition) is 2. The molecule has 2 aromatic carbocycles. The van der Waals surface area contributed by atoms with Crippen LogP contribution < -0.4 is 4.57 Å². The maximum atomic E-state index is 4.89. The fraction of sp³-hybridized carbons (Fsp3) is 0.100. The standard InChI is InChI=1S/C20H16N3S/c1-13-15-6-4-3-5-14(15)7-8-16(13)20-19-17(9-11-22(20)2)23-18(21-19)10-12-24-23/h3-12H,1-2H3/q+1. The first-order valence-corrected chi connectivity index (χ1v) is 8.81. The zero-order valence-corrected chi connectivity index (χ0v) is 14.3. The van der Waals surface area contributed by atoms with Gasteiger partial charge in [0.25, 0.3) is 0 Å². The van der Waals surface area contributed by atoms with Crippen molar-refractivity contribution in [1.29, 1.82) is 0 Å². The summed E-state index contributed by atoms with van der Waals surface area (Å²) in [6.07, 6.45) is 2.13. The molecule has 0 aliphatic carbocycles. The van der Waals surface area contributed by atoms with E-state index in [1.165, 1.54) is 33.1 Å². The predicted octanol–water partition coefficient (Wildman–Crippen LogP) is 4.50. The second-order valence-corrected chi connectivity index (χ2v) is 6.99. The highest BCUT2D eigenvalue weighted by molar-refractivity contribution is 7.05. The smallest absolute Gasteiger partial charge is 0.240 e. The van der Waals surface area contributed by atoms with Gasteiger partial charge in [0.05, 0.1) is 11.1 Å². The Morgan fingerprint density at radius 2 is 1.92 bits per heavy atom. The van der Waals surface area contributed by atoms with E-state index in [0.717, 1.165) is 11.2 Å². The topological polar surface area (TPSA) is 21.2 Å². The van der Waals surface area contributed by atoms with E-state index in [-0.39, 0.29) is 0 Å². The average molecular weight is 330 g/mol. The summed E-state index contributed by atoms with van der Waals surface area (Å²) in [6.45, 7) is 2.20. The lowest BCUT2D eigenvalue weighted by molar-refractivity contribution is -0.659. The van der Waals surface area contributed by atoms with Gasteiger partial charge in [-0.3, -0.25) is 0 Å². The van der Waals surface area contributed by atoms with Gasteiger partial charge in [-0.1, -0.05) is 41.9 Å². The molecule has 3 nitrogen and oxygen atoms in total. The maximum Gasteiger partial charge on any atom is 0.240 e. The number of rotatable bonds is 1. The van der Waals surface area contributed by atoms with Crippen LogP contribution in [0.15, 0.2) is 60.1 Å². The van der Waals surface area contributed by atoms with Crippen molar-refractivity contribution < 1.29 is 4.57 Å². The number of hydrogen-bond donors (Lipinski definition) is 0. The lowest BCUT2D eigenvalue weighted by atomic mass is 9.97. The van der Waals surface area contributed by atoms with Crippen LogP contribution in [0.3, 0.4) is 0 Å². The van der Waals surface area contributed by atoms with Crippen molar-refractivity contribution in [2.45, 2.75) is 6.92 Å². The molecule has 0 radical (unpaired) electrons. The maximum absolute atomic E-state index is 4.89. The van der Waals surface area contributed by atoms with Crippen molar-refractivity contribution in [3.05, 3.63) is 65.7 Å². The summed E-state index contributed by atoms with van der Waals surface area (Å²) in [4.78, 5) is 4.89. The summed E-state index contributed by atoms with van der Waals surface area (Å²) in [7, 11) is 2.09. The number of aryl methyl sites for hydroxylation is 2. The molecule has 0 bridgehead atoms. The predicted molar refractivity (Wildman–Crippen MR) is 99.4 cm³/mol. The molecular formula is C20H16N3S+. The molecule has 5 rings (SSSR count). The third-order valence-corrected chi connectivity index (χ3v) is 5.62. The zero-order chi connectivity index (χ0) is 16.3. The van der Waals surface area contributed by atoms with Gasteiger partial charge in [0.2, 0.25) is 5.69 Å². The molecule has 0 N–H and O–H groups in total. The van der Waals surface area contributed by atoms with E-state index in [0.29, 0.717) is 0 Å². The van der Waals surface area contributed by atoms with Gasteiger partial charge in [-0.2, -0.15) is 4.57 Å². The lowest BCUT2D eigenvalue weighted by Gasteiger charge is -2.08. The highest BCUT2D eigenvalue weighted by Gasteiger charge is 2.22. The number of benzene rings is 2. The SMILES string of the molecule is Cc1c(-c2c3nc4ccsn4c3cc[n+]2C)ccc2ccccc12. The highest BCUT2D eigenvalue weighted by Crippen LogP contribution is 2.32. The van der Waals surface area contributed by atoms with Crippen molar-refractivity contribution in [3.63, 3.8) is 0 Å². The number of imidazole rings is 1. The molecule has 3 aromatic heterocycles. The molecule has 3 heterocycles. The first-order valence-electron chi connectivity index (χ1n) is 7.97. The van der Waals surface area contributed by atoms with Gasteiger partial charge in [-0.05, 0) is 35.4 Å². The molecule has 4 heteroatoms. The summed E-state index contributed by atoms with van der Waals surface area (Å²) in [6, 6.07) is 17.2. The summed E-state index contributed by atoms with van der Waals surface area (Å²) < 4.78 is 4.37. The van der Waals surface area contributed by atoms with Crippen LogP contribution in [0.25, 0.3) is 38.7 Å². The largest absolute Gasteiger partial charge is 0.247 e. The van der Waals surface area contributed by atoms with E-state index in [2.05, 4.69) is 82.4 Å². The minimum atomic E-state index is 1.01. The van der Waals surface area contributed by atoms with Crippen molar-refractivity contribution in [2.75, 3.05) is 0 Å². The van der Waals surface area contributed by atoms with Gasteiger partial charge >= 0.3 is 0 Å². The Morgan fingerprint density at radius 3 is 2.83 bits per heavy atom. The average Bonchev–Trinajstić information content (AvgIpc) is 3.17. The van der Waals surface area contributed by atoms with Gasteiger partial charge in [0.15, 0.2) is 11.7 Å². The van der Waals surface area contributed by atoms with Crippen LogP contribution >= 0.6 is 11.5 Å². The van der Waals surface area contributed by atoms with E-state index in [1.807, 2.05) is 0 Å². The Labute approximate surface area is 143 Å². The van der Waals surface area contributed by atoms with Gasteiger partial charge in [-0.25, -0.2) is 8.77 Å². The van der Waals surface area contributed by atoms with Crippen LogP contribution in [0.4, 0.5) is 0 Å². The molecule has 0 unspecified atom stereocenters. The molecule has 5 aromatic rings. The van der Waals surface area contributed by atoms with Gasteiger partial charge in [0, 0.05) is 11.4 Å². The minimum Gasteiger partial charge on any atom is -0.247 e. The van der Waals surface area contributed by atoms with E-state index < -0.39 is 0 Å². The van der Waals surface area contributed by atoms with Crippen LogP contribution in [0, 0.1) is 6.92 Å². The third-order valence-electron chi connectivity index (χ3n) is 4.77. The summed E-state index contributed by atoms with van der Waals surface area (Å²) in [5.41, 5.74) is 6.96. The van der Waals surface area contributed by atoms with Gasteiger partial charge in [-0.15, -0.1) is 0 Å². The number of fused-ring (bicyclic) bond motifs is 4. The lowest BCUT2D eigenvalue weighted by Crippen LogP contribution is -2.30. The van der Waals surface area contributed by atoms with Crippen LogP contribution in [0.1, 0.15) is 5.56 Å². The fourth-order valence-electron chi connectivity index (χ4n) is 3.55. The summed E-state index contributed by atoms with van der Waals surface area (Å²) >= 11 is 1.68. The molecule has 0 aliphatic heterocycles. The fourth-order valence-corrected chi connectivity index (χ4v) is 4.33. The number of pyridine rings is 1. The Balaban J connectivity index is 1.92. The summed E-state index contributed by atoms with van der Waals surface area (Å²) in [5, 5.41) is 4.66. The van der Waals surface area contributed by atoms with Gasteiger partial charge < -0.3 is 0 Å². The first kappa shape index (κ1) is 13.7. The van der Waals surface area contributed by atoms with E-state index in [4.69, 9.17) is 4.98 Å². The number of nitrogens with zero attached hydrogens (tertiary/aromatic N) is 3. The molecule has 0 saturated heterocycles. The molecule has 0 saturated carbocycles. The molecule has 24 heavy (non-hydrogen) atoms. The zero-order valence-electron chi connectivity index (χ0n) is 13.5. The van der Waals surface area contributed by atoms with Crippen molar-refractivity contribution in [1.82, 2.24) is 8.77 Å². The van der Waals surface area contributed by atoms with Crippen molar-refractivity contribution >= 4 is 39.0 Å². The molecule has 0 atom stereocenters. The Kier molecular flexibility index (Phi) is 2.79. The van der Waals surface area contributed by atoms with E-state index in [1.54, 1.807) is 11.5 Å². The van der Waals surface area contributed by atoms with Crippen LogP contribution in [0.2, 0.25) is 0 Å². The van der Waals surface area contributed by atoms with Crippen LogP contribution in [-0.2, 0) is 7.05 Å². The second kappa shape index (κ2) is 4.89. The Bertz CT molecular complexity index is 1230. The van der Waals surface area contributed by atoms with E-state index in [9.17, 15) is 0 Å². The van der Waals surface area contributed by atoms with Crippen LogP contribution in [-0.4, -0.2) is 8.77 Å². The Morgan fingerprint density at radius 1 is 1.04 bits per heavy atom. The number of aromatic nitrogens is 3.